The van der Waals surface area contributed by atoms with Gasteiger partial charge in [0, 0.05) is 9.26 Å². The summed E-state index contributed by atoms with van der Waals surface area (Å²) < 4.78 is 2.27. The van der Waals surface area contributed by atoms with Crippen molar-refractivity contribution in [3.63, 3.8) is 0 Å². The Hall–Kier alpha value is -2.17. The summed E-state index contributed by atoms with van der Waals surface area (Å²) >= 11 is 2.18. The summed E-state index contributed by atoms with van der Waals surface area (Å²) in [6.45, 7) is -0.0995. The average Bonchev–Trinajstić information content (AvgIpc) is 2.86. The van der Waals surface area contributed by atoms with Crippen molar-refractivity contribution in [1.82, 2.24) is 20.3 Å². The van der Waals surface area contributed by atoms with Gasteiger partial charge >= 0.3 is 12.0 Å². The number of carboxylic acids is 1. The lowest BCUT2D eigenvalue weighted by Crippen LogP contribution is -2.28. The maximum Gasteiger partial charge on any atom is 0.325 e. The van der Waals surface area contributed by atoms with E-state index in [9.17, 15) is 9.59 Å². The smallest absolute Gasteiger partial charge is 0.325 e. The molecule has 0 aliphatic carbocycles. The largest absolute Gasteiger partial charge is 0.480 e. The molecule has 8 nitrogen and oxygen atoms in total. The van der Waals surface area contributed by atoms with Crippen molar-refractivity contribution in [2.24, 2.45) is 0 Å². The molecule has 0 saturated carbocycles. The first-order chi connectivity index (χ1) is 10.0. The van der Waals surface area contributed by atoms with Gasteiger partial charge in [-0.3, -0.25) is 4.79 Å². The van der Waals surface area contributed by atoms with Gasteiger partial charge in [0.25, 0.3) is 0 Å². The van der Waals surface area contributed by atoms with Gasteiger partial charge in [-0.05, 0) is 46.9 Å². The van der Waals surface area contributed by atoms with Gasteiger partial charge in [-0.15, -0.1) is 5.10 Å². The lowest BCUT2D eigenvalue weighted by Gasteiger charge is -2.06. The molecule has 0 aliphatic heterocycles. The minimum atomic E-state index is -1.00. The maximum atomic E-state index is 11.7. The molecule has 21 heavy (non-hydrogen) atoms. The number of hydrogen-bond donors (Lipinski definition) is 3. The highest BCUT2D eigenvalue weighted by Crippen LogP contribution is 2.10. The number of aliphatic carboxylic acids is 1. The first-order valence-corrected chi connectivity index (χ1v) is 7.02. The molecule has 1 aromatic heterocycles. The Morgan fingerprint density at radius 2 is 2.00 bits per heavy atom. The number of anilines is 1. The van der Waals surface area contributed by atoms with Crippen LogP contribution in [-0.4, -0.2) is 32.1 Å². The van der Waals surface area contributed by atoms with Crippen LogP contribution in [0.1, 0.15) is 5.69 Å². The second kappa shape index (κ2) is 7.02. The van der Waals surface area contributed by atoms with Crippen LogP contribution in [0.3, 0.4) is 0 Å². The zero-order valence-corrected chi connectivity index (χ0v) is 12.9. The molecular formula is C12H12IN5O3. The maximum absolute atomic E-state index is 11.7. The van der Waals surface area contributed by atoms with Gasteiger partial charge in [0.05, 0.1) is 12.7 Å². The minimum Gasteiger partial charge on any atom is -0.480 e. The van der Waals surface area contributed by atoms with Gasteiger partial charge < -0.3 is 15.7 Å². The fourth-order valence-corrected chi connectivity index (χ4v) is 1.87. The van der Waals surface area contributed by atoms with E-state index in [1.54, 1.807) is 12.1 Å². The quantitative estimate of drug-likeness (QED) is 0.655. The van der Waals surface area contributed by atoms with E-state index in [-0.39, 0.29) is 19.1 Å². The first-order valence-electron chi connectivity index (χ1n) is 5.94. The van der Waals surface area contributed by atoms with Crippen LogP contribution in [0.5, 0.6) is 0 Å². The van der Waals surface area contributed by atoms with Gasteiger partial charge in [-0.2, -0.15) is 0 Å². The molecule has 1 aromatic carbocycles. The fraction of sp³-hybridized carbons (Fsp3) is 0.167. The second-order valence-corrected chi connectivity index (χ2v) is 5.36. The van der Waals surface area contributed by atoms with Crippen molar-refractivity contribution in [3.8, 4) is 0 Å². The monoisotopic (exact) mass is 401 g/mol. The van der Waals surface area contributed by atoms with E-state index in [1.807, 2.05) is 12.1 Å². The standard InChI is InChI=1S/C12H12IN5O3/c13-8-1-3-9(4-2-8)15-12(21)14-5-10-6-18(17-16-10)7-11(19)20/h1-4,6H,5,7H2,(H,19,20)(H2,14,15,21). The molecule has 0 aliphatic rings. The number of benzene rings is 1. The third-order valence-corrected chi connectivity index (χ3v) is 3.13. The summed E-state index contributed by atoms with van der Waals surface area (Å²) in [6, 6.07) is 6.99. The van der Waals surface area contributed by atoms with Crippen LogP contribution in [0.15, 0.2) is 30.5 Å². The normalized spacial score (nSPS) is 10.1. The van der Waals surface area contributed by atoms with Crippen LogP contribution < -0.4 is 10.6 Å². The SMILES string of the molecule is O=C(O)Cn1cc(CNC(=O)Nc2ccc(I)cc2)nn1. The number of hydrogen-bond acceptors (Lipinski definition) is 4. The predicted octanol–water partition coefficient (Wildman–Crippen LogP) is 1.29. The Balaban J connectivity index is 1.82. The van der Waals surface area contributed by atoms with Gasteiger partial charge in [0.2, 0.25) is 0 Å². The molecule has 0 atom stereocenters. The third kappa shape index (κ3) is 5.02. The summed E-state index contributed by atoms with van der Waals surface area (Å²) in [7, 11) is 0. The summed E-state index contributed by atoms with van der Waals surface area (Å²) in [5.41, 5.74) is 1.16. The average molecular weight is 401 g/mol. The number of aromatic nitrogens is 3. The lowest BCUT2D eigenvalue weighted by molar-refractivity contribution is -0.137. The number of urea groups is 1. The van der Waals surface area contributed by atoms with Crippen molar-refractivity contribution in [2.75, 3.05) is 5.32 Å². The Kier molecular flexibility index (Phi) is 5.09. The highest BCUT2D eigenvalue weighted by Gasteiger charge is 2.06. The first kappa shape index (κ1) is 15.2. The van der Waals surface area contributed by atoms with Crippen molar-refractivity contribution in [2.45, 2.75) is 13.1 Å². The molecule has 0 fully saturated rings. The summed E-state index contributed by atoms with van der Waals surface area (Å²) in [6.07, 6.45) is 1.47. The molecule has 1 heterocycles. The van der Waals surface area contributed by atoms with Crippen LogP contribution in [0.2, 0.25) is 0 Å². The Labute approximate surface area is 133 Å². The van der Waals surface area contributed by atoms with Crippen molar-refractivity contribution >= 4 is 40.3 Å². The van der Waals surface area contributed by atoms with Crippen molar-refractivity contribution in [3.05, 3.63) is 39.7 Å². The molecule has 110 valence electrons. The number of nitrogens with one attached hydrogen (secondary N) is 2. The Bertz CT molecular complexity index is 641. The molecule has 2 rings (SSSR count). The van der Waals surface area contributed by atoms with Crippen molar-refractivity contribution < 1.29 is 14.7 Å². The Morgan fingerprint density at radius 1 is 1.29 bits per heavy atom. The van der Waals surface area contributed by atoms with Gasteiger partial charge in [-0.1, -0.05) is 5.21 Å². The van der Waals surface area contributed by atoms with Gasteiger partial charge in [0.1, 0.15) is 12.2 Å². The molecule has 2 aromatic rings. The molecule has 2 amide bonds. The van der Waals surface area contributed by atoms with Gasteiger partial charge in [0.15, 0.2) is 0 Å². The molecule has 9 heteroatoms. The number of halogens is 1. The number of rotatable bonds is 5. The number of carboxylic acid groups (broad SMARTS) is 1. The zero-order valence-electron chi connectivity index (χ0n) is 10.8. The molecule has 0 saturated heterocycles. The van der Waals surface area contributed by atoms with E-state index in [0.29, 0.717) is 11.4 Å². The number of amides is 2. The molecule has 0 spiro atoms. The van der Waals surface area contributed by atoms with Crippen molar-refractivity contribution in [1.29, 1.82) is 0 Å². The highest BCUT2D eigenvalue weighted by atomic mass is 127. The predicted molar refractivity (Wildman–Crippen MR) is 82.7 cm³/mol. The number of carbonyl (C=O) groups is 2. The van der Waals surface area contributed by atoms with Crippen LogP contribution in [0, 0.1) is 3.57 Å². The molecule has 3 N–H and O–H groups in total. The Morgan fingerprint density at radius 3 is 2.67 bits per heavy atom. The summed E-state index contributed by atoms with van der Waals surface area (Å²) in [4.78, 5) is 22.2. The zero-order chi connectivity index (χ0) is 15.2. The molecular weight excluding hydrogens is 389 g/mol. The summed E-state index contributed by atoms with van der Waals surface area (Å²) in [5.74, 6) is -1.00. The molecule has 0 radical (unpaired) electrons. The lowest BCUT2D eigenvalue weighted by atomic mass is 10.3. The van der Waals surface area contributed by atoms with E-state index in [2.05, 4.69) is 43.5 Å². The highest BCUT2D eigenvalue weighted by molar-refractivity contribution is 14.1. The van der Waals surface area contributed by atoms with E-state index >= 15 is 0 Å². The van der Waals surface area contributed by atoms with Crippen LogP contribution in [-0.2, 0) is 17.9 Å². The summed E-state index contributed by atoms with van der Waals surface area (Å²) in [5, 5.41) is 21.3. The van der Waals surface area contributed by atoms with E-state index in [1.165, 1.54) is 10.9 Å². The molecule has 0 unspecified atom stereocenters. The second-order valence-electron chi connectivity index (χ2n) is 4.12. The van der Waals surface area contributed by atoms with Crippen LogP contribution >= 0.6 is 22.6 Å². The van der Waals surface area contributed by atoms with E-state index in [4.69, 9.17) is 5.11 Å². The number of carbonyl (C=O) groups excluding carboxylic acids is 1. The number of nitrogens with zero attached hydrogens (tertiary/aromatic N) is 3. The van der Waals surface area contributed by atoms with Crippen LogP contribution in [0.25, 0.3) is 0 Å². The molecule has 0 bridgehead atoms. The van der Waals surface area contributed by atoms with Crippen LogP contribution in [0.4, 0.5) is 10.5 Å². The minimum absolute atomic E-state index is 0.163. The fourth-order valence-electron chi connectivity index (χ4n) is 1.51. The third-order valence-electron chi connectivity index (χ3n) is 2.42. The van der Waals surface area contributed by atoms with Gasteiger partial charge in [-0.25, -0.2) is 9.48 Å². The van der Waals surface area contributed by atoms with E-state index in [0.717, 1.165) is 3.57 Å². The topological polar surface area (TPSA) is 109 Å². The van der Waals surface area contributed by atoms with E-state index < -0.39 is 5.97 Å².